The smallest absolute Gasteiger partial charge is 0.137 e. The molecule has 306 valence electrons. The minimum Gasteiger partial charge on any atom is -0.457 e. The van der Waals surface area contributed by atoms with Crippen molar-refractivity contribution in [2.45, 2.75) is 59.2 Å². The highest BCUT2D eigenvalue weighted by Gasteiger charge is 2.32. The number of hydrogen-bond acceptors (Lipinski definition) is 4. The number of hydrogen-bond donors (Lipinski definition) is 0. The van der Waals surface area contributed by atoms with Crippen LogP contribution in [0, 0.1) is 6.85 Å². The SMILES string of the molecule is [2H]c1c([2H])c([2H])c(-c2cccc(-c3cc(C(C)(C)C)cc(C(C)(C)C)c3)c2N2CN(c3cccc(Oc4ccc5c6ccccc6n(-c6cc(C([2H])([2H])[2H])ccn6)c5c4)c3)c3ccccc32)c([2H])c1[2H]. The predicted molar refractivity (Wildman–Crippen MR) is 260 cm³/mol. The molecule has 5 heteroatoms. The second-order valence-corrected chi connectivity index (χ2v) is 18.0. The number of rotatable bonds is 7. The lowest BCUT2D eigenvalue weighted by Gasteiger charge is -2.29. The molecule has 62 heavy (non-hydrogen) atoms. The molecule has 0 N–H and O–H groups in total. The molecule has 7 aromatic carbocycles. The largest absolute Gasteiger partial charge is 0.457 e. The quantitative estimate of drug-likeness (QED) is 0.160. The molecule has 0 saturated heterocycles. The molecule has 1 aliphatic rings. The van der Waals surface area contributed by atoms with Gasteiger partial charge in [-0.05, 0) is 100 Å². The Morgan fingerprint density at radius 3 is 1.98 bits per heavy atom. The first-order valence-corrected chi connectivity index (χ1v) is 21.0. The third kappa shape index (κ3) is 7.07. The standard InChI is InChI=1S/C57H52N4O/c1-38-29-30-58-54(31-38)61-50-24-12-11-21-48(50)49-28-27-45(36-53(49)61)62-44-20-15-19-43(35-44)59-37-60(52-26-14-13-25-51(52)59)55-46(39-17-9-8-10-18-39)22-16-23-47(55)40-32-41(56(2,3)4)34-42(33-40)57(5,6)7/h8-36H,37H2,1-7H3/i1D3,8D,9D,10D,17D,18D. The van der Waals surface area contributed by atoms with Gasteiger partial charge in [0.1, 0.15) is 24.0 Å². The second-order valence-electron chi connectivity index (χ2n) is 18.0. The van der Waals surface area contributed by atoms with Gasteiger partial charge in [0.15, 0.2) is 0 Å². The fourth-order valence-corrected chi connectivity index (χ4v) is 8.58. The third-order valence-corrected chi connectivity index (χ3v) is 11.8. The second kappa shape index (κ2) is 15.1. The molecule has 0 atom stereocenters. The van der Waals surface area contributed by atoms with Gasteiger partial charge in [0.2, 0.25) is 0 Å². The Morgan fingerprint density at radius 1 is 0.581 bits per heavy atom. The van der Waals surface area contributed by atoms with E-state index in [1.807, 2.05) is 95.6 Å². The van der Waals surface area contributed by atoms with Crippen molar-refractivity contribution in [3.8, 4) is 39.6 Å². The van der Waals surface area contributed by atoms with Crippen LogP contribution in [0.15, 0.2) is 176 Å². The first kappa shape index (κ1) is 30.8. The number of fused-ring (bicyclic) bond motifs is 4. The average Bonchev–Trinajstić information content (AvgIpc) is 3.88. The first-order valence-electron chi connectivity index (χ1n) is 25.0. The van der Waals surface area contributed by atoms with E-state index in [-0.39, 0.29) is 34.0 Å². The highest BCUT2D eigenvalue weighted by atomic mass is 16.5. The lowest BCUT2D eigenvalue weighted by Crippen LogP contribution is -2.25. The van der Waals surface area contributed by atoms with Crippen LogP contribution >= 0.6 is 0 Å². The topological polar surface area (TPSA) is 33.5 Å². The summed E-state index contributed by atoms with van der Waals surface area (Å²) in [5.74, 6) is 1.66. The molecule has 0 saturated carbocycles. The Morgan fingerprint density at radius 2 is 1.24 bits per heavy atom. The number of anilines is 4. The molecule has 0 aliphatic carbocycles. The predicted octanol–water partition coefficient (Wildman–Crippen LogP) is 15.5. The number of nitrogens with zero attached hydrogens (tertiary/aromatic N) is 4. The Labute approximate surface area is 376 Å². The van der Waals surface area contributed by atoms with Gasteiger partial charge in [-0.3, -0.25) is 4.57 Å². The summed E-state index contributed by atoms with van der Waals surface area (Å²) in [7, 11) is 0. The number of aromatic nitrogens is 2. The zero-order chi connectivity index (χ0) is 49.6. The molecule has 10 rings (SSSR count). The maximum atomic E-state index is 9.20. The van der Waals surface area contributed by atoms with Gasteiger partial charge in [-0.2, -0.15) is 0 Å². The molecule has 5 nitrogen and oxygen atoms in total. The molecular formula is C57H52N4O. The fourth-order valence-electron chi connectivity index (χ4n) is 8.58. The average molecular weight is 817 g/mol. The zero-order valence-electron chi connectivity index (χ0n) is 43.8. The van der Waals surface area contributed by atoms with Gasteiger partial charge in [0, 0.05) is 50.0 Å². The van der Waals surface area contributed by atoms with E-state index in [0.29, 0.717) is 29.5 Å². The zero-order valence-corrected chi connectivity index (χ0v) is 35.8. The molecule has 0 amide bonds. The van der Waals surface area contributed by atoms with Crippen LogP contribution in [-0.4, -0.2) is 16.2 Å². The third-order valence-electron chi connectivity index (χ3n) is 11.8. The molecule has 2 aromatic heterocycles. The van der Waals surface area contributed by atoms with Gasteiger partial charge in [0.25, 0.3) is 0 Å². The molecule has 0 unspecified atom stereocenters. The minimum absolute atomic E-state index is 0.133. The van der Waals surface area contributed by atoms with Crippen molar-refractivity contribution >= 4 is 44.6 Å². The van der Waals surface area contributed by atoms with Crippen molar-refractivity contribution in [3.05, 3.63) is 193 Å². The van der Waals surface area contributed by atoms with Crippen LogP contribution in [0.25, 0.3) is 49.9 Å². The van der Waals surface area contributed by atoms with E-state index in [1.54, 1.807) is 6.07 Å². The first-order chi connectivity index (χ1) is 33.2. The van der Waals surface area contributed by atoms with Crippen LogP contribution in [0.4, 0.5) is 22.7 Å². The van der Waals surface area contributed by atoms with Crippen LogP contribution in [0.5, 0.6) is 11.5 Å². The number of pyridine rings is 1. The number of para-hydroxylation sites is 4. The Balaban J connectivity index is 1.10. The van der Waals surface area contributed by atoms with Crippen LogP contribution in [0.3, 0.4) is 0 Å². The molecular weight excluding hydrogens is 757 g/mol. The van der Waals surface area contributed by atoms with Crippen molar-refractivity contribution in [3.63, 3.8) is 0 Å². The summed E-state index contributed by atoms with van der Waals surface area (Å²) in [4.78, 5) is 9.01. The molecule has 9 aromatic rings. The molecule has 1 aliphatic heterocycles. The van der Waals surface area contributed by atoms with Crippen LogP contribution in [0.2, 0.25) is 0 Å². The minimum atomic E-state index is -2.30. The van der Waals surface area contributed by atoms with Crippen molar-refractivity contribution < 1.29 is 15.7 Å². The van der Waals surface area contributed by atoms with Crippen molar-refractivity contribution in [1.29, 1.82) is 0 Å². The lowest BCUT2D eigenvalue weighted by atomic mass is 9.78. The highest BCUT2D eigenvalue weighted by molar-refractivity contribution is 6.09. The molecule has 0 bridgehead atoms. The maximum absolute atomic E-state index is 9.20. The number of benzene rings is 7. The van der Waals surface area contributed by atoms with E-state index < -0.39 is 25.0 Å². The molecule has 3 heterocycles. The van der Waals surface area contributed by atoms with Crippen molar-refractivity contribution in [1.82, 2.24) is 9.55 Å². The summed E-state index contributed by atoms with van der Waals surface area (Å²) in [5.41, 5.74) is 9.70. The molecule has 0 fully saturated rings. The van der Waals surface area contributed by atoms with E-state index in [1.165, 1.54) is 12.3 Å². The number of ether oxygens (including phenoxy) is 1. The van der Waals surface area contributed by atoms with Gasteiger partial charge in [0.05, 0.1) is 34.9 Å². The van der Waals surface area contributed by atoms with Gasteiger partial charge in [-0.1, -0.05) is 145 Å². The maximum Gasteiger partial charge on any atom is 0.137 e. The Bertz CT molecular complexity index is 3490. The summed E-state index contributed by atoms with van der Waals surface area (Å²) in [6, 6.07) is 43.8. The van der Waals surface area contributed by atoms with Gasteiger partial charge in [-0.25, -0.2) is 4.98 Å². The summed E-state index contributed by atoms with van der Waals surface area (Å²) in [6.07, 6.45) is 1.53. The normalized spacial score (nSPS) is 15.0. The van der Waals surface area contributed by atoms with Gasteiger partial charge in [-0.15, -0.1) is 0 Å². The highest BCUT2D eigenvalue weighted by Crippen LogP contribution is 2.51. The summed E-state index contributed by atoms with van der Waals surface area (Å²) in [6.45, 7) is 11.2. The Kier molecular flexibility index (Phi) is 7.52. The monoisotopic (exact) mass is 816 g/mol. The molecule has 0 spiro atoms. The summed E-state index contributed by atoms with van der Waals surface area (Å²) < 4.78 is 77.2. The van der Waals surface area contributed by atoms with Crippen LogP contribution in [0.1, 0.15) is 69.2 Å². The summed E-state index contributed by atoms with van der Waals surface area (Å²) >= 11 is 0. The fraction of sp³-hybridized carbons (Fsp3) is 0.175. The Hall–Kier alpha value is -7.11. The van der Waals surface area contributed by atoms with Crippen LogP contribution < -0.4 is 14.5 Å². The van der Waals surface area contributed by atoms with E-state index in [0.717, 1.165) is 66.8 Å². The van der Waals surface area contributed by atoms with Crippen molar-refractivity contribution in [2.75, 3.05) is 16.5 Å². The lowest BCUT2D eigenvalue weighted by molar-refractivity contribution is 0.483. The van der Waals surface area contributed by atoms with Gasteiger partial charge >= 0.3 is 0 Å². The van der Waals surface area contributed by atoms with E-state index in [2.05, 4.69) is 92.7 Å². The molecule has 0 radical (unpaired) electrons. The van der Waals surface area contributed by atoms with Crippen molar-refractivity contribution in [2.24, 2.45) is 0 Å². The number of aryl methyl sites for hydroxylation is 1. The summed E-state index contributed by atoms with van der Waals surface area (Å²) in [5, 5.41) is 1.96. The van der Waals surface area contributed by atoms with E-state index in [4.69, 9.17) is 13.0 Å². The van der Waals surface area contributed by atoms with Crippen LogP contribution in [-0.2, 0) is 10.8 Å². The van der Waals surface area contributed by atoms with Gasteiger partial charge < -0.3 is 14.5 Å². The van der Waals surface area contributed by atoms with E-state index in [9.17, 15) is 2.74 Å². The van der Waals surface area contributed by atoms with E-state index >= 15 is 0 Å².